The van der Waals surface area contributed by atoms with E-state index in [1.807, 2.05) is 18.2 Å². The normalized spacial score (nSPS) is 10.4. The number of nitrogens with one attached hydrogen (secondary N) is 1. The van der Waals surface area contributed by atoms with Crippen molar-refractivity contribution in [3.8, 4) is 6.07 Å². The zero-order valence-electron chi connectivity index (χ0n) is 10.0. The molecule has 0 aliphatic carbocycles. The molecule has 0 radical (unpaired) electrons. The zero-order chi connectivity index (χ0) is 14.1. The predicted octanol–water partition coefficient (Wildman–Crippen LogP) is 4.38. The molecule has 0 aliphatic heterocycles. The van der Waals surface area contributed by atoms with Crippen LogP contribution in [0.15, 0.2) is 45.5 Å². The van der Waals surface area contributed by atoms with Crippen molar-refractivity contribution in [1.29, 1.82) is 5.26 Å². The average molecular weight is 347 g/mol. The van der Waals surface area contributed by atoms with Crippen LogP contribution in [0.3, 0.4) is 0 Å². The van der Waals surface area contributed by atoms with Gasteiger partial charge in [0.05, 0.1) is 11.8 Å². The zero-order valence-corrected chi connectivity index (χ0v) is 12.4. The molecule has 3 rings (SSSR count). The van der Waals surface area contributed by atoms with Crippen molar-refractivity contribution in [3.05, 3.63) is 52.4 Å². The summed E-state index contributed by atoms with van der Waals surface area (Å²) in [6.45, 7) is 0. The van der Waals surface area contributed by atoms with E-state index in [0.717, 1.165) is 14.6 Å². The van der Waals surface area contributed by atoms with Gasteiger partial charge in [-0.1, -0.05) is 15.9 Å². The van der Waals surface area contributed by atoms with Gasteiger partial charge in [0.2, 0.25) is 0 Å². The van der Waals surface area contributed by atoms with E-state index in [9.17, 15) is 10.1 Å². The number of anilines is 1. The quantitative estimate of drug-likeness (QED) is 0.748. The first kappa shape index (κ1) is 12.9. The highest BCUT2D eigenvalue weighted by Gasteiger charge is 2.16. The molecule has 0 bridgehead atoms. The molecule has 20 heavy (non-hydrogen) atoms. The largest absolute Gasteiger partial charge is 0.459 e. The number of carbonyl (C=O) groups excluding carboxylic acids is 1. The molecule has 0 saturated heterocycles. The number of amides is 1. The molecule has 0 aliphatic rings. The van der Waals surface area contributed by atoms with Gasteiger partial charge in [-0.3, -0.25) is 4.79 Å². The second-order valence-electron chi connectivity index (χ2n) is 3.99. The van der Waals surface area contributed by atoms with Crippen LogP contribution in [0.2, 0.25) is 0 Å². The minimum atomic E-state index is -0.364. The highest BCUT2D eigenvalue weighted by molar-refractivity contribution is 9.10. The van der Waals surface area contributed by atoms with Crippen LogP contribution in [-0.4, -0.2) is 5.91 Å². The van der Waals surface area contributed by atoms with E-state index in [4.69, 9.17) is 4.42 Å². The first-order chi connectivity index (χ1) is 9.69. The summed E-state index contributed by atoms with van der Waals surface area (Å²) in [6.07, 6.45) is 1.43. The van der Waals surface area contributed by atoms with Gasteiger partial charge in [0, 0.05) is 14.6 Å². The summed E-state index contributed by atoms with van der Waals surface area (Å²) in [5, 5.41) is 13.4. The number of hydrogen-bond acceptors (Lipinski definition) is 4. The number of rotatable bonds is 2. The van der Waals surface area contributed by atoms with Crippen molar-refractivity contribution < 1.29 is 9.21 Å². The van der Waals surface area contributed by atoms with Gasteiger partial charge in [-0.05, 0) is 30.3 Å². The van der Waals surface area contributed by atoms with Gasteiger partial charge >= 0.3 is 0 Å². The Morgan fingerprint density at radius 2 is 2.25 bits per heavy atom. The third kappa shape index (κ3) is 2.22. The van der Waals surface area contributed by atoms with E-state index in [-0.39, 0.29) is 11.7 Å². The minimum absolute atomic E-state index is 0.215. The van der Waals surface area contributed by atoms with Gasteiger partial charge in [0.25, 0.3) is 5.91 Å². The average Bonchev–Trinajstić information content (AvgIpc) is 3.05. The predicted molar refractivity (Wildman–Crippen MR) is 80.9 cm³/mol. The number of benzene rings is 1. The number of carbonyl (C=O) groups is 1. The van der Waals surface area contributed by atoms with E-state index in [0.29, 0.717) is 10.6 Å². The van der Waals surface area contributed by atoms with Crippen LogP contribution < -0.4 is 5.32 Å². The molecular formula is C14H7BrN2O2S. The molecule has 0 unspecified atom stereocenters. The van der Waals surface area contributed by atoms with E-state index in [1.54, 1.807) is 12.1 Å². The lowest BCUT2D eigenvalue weighted by Crippen LogP contribution is -2.10. The summed E-state index contributed by atoms with van der Waals surface area (Å²) in [5.74, 6) is -0.148. The fraction of sp³-hybridized carbons (Fsp3) is 0. The number of nitriles is 1. The number of thiophene rings is 1. The van der Waals surface area contributed by atoms with Gasteiger partial charge in [-0.15, -0.1) is 11.3 Å². The molecule has 1 N–H and O–H groups in total. The van der Waals surface area contributed by atoms with Crippen LogP contribution in [0.4, 0.5) is 5.00 Å². The smallest absolute Gasteiger partial charge is 0.291 e. The second kappa shape index (κ2) is 5.12. The van der Waals surface area contributed by atoms with Crippen molar-refractivity contribution in [2.45, 2.75) is 0 Å². The molecular weight excluding hydrogens is 340 g/mol. The van der Waals surface area contributed by atoms with Gasteiger partial charge in [0.1, 0.15) is 11.1 Å². The summed E-state index contributed by atoms with van der Waals surface area (Å²) in [5.41, 5.74) is 0.464. The highest BCUT2D eigenvalue weighted by atomic mass is 79.9. The Morgan fingerprint density at radius 3 is 2.95 bits per heavy atom. The maximum absolute atomic E-state index is 12.0. The topological polar surface area (TPSA) is 66.0 Å². The van der Waals surface area contributed by atoms with Crippen LogP contribution in [0.25, 0.3) is 10.1 Å². The lowest BCUT2D eigenvalue weighted by Gasteiger charge is -1.99. The lowest BCUT2D eigenvalue weighted by molar-refractivity contribution is 0.0997. The summed E-state index contributed by atoms with van der Waals surface area (Å²) < 4.78 is 6.87. The summed E-state index contributed by atoms with van der Waals surface area (Å²) in [4.78, 5) is 12.0. The Balaban J connectivity index is 2.04. The van der Waals surface area contributed by atoms with Crippen molar-refractivity contribution in [3.63, 3.8) is 0 Å². The minimum Gasteiger partial charge on any atom is -0.459 e. The fourth-order valence-electron chi connectivity index (χ4n) is 1.84. The number of fused-ring (bicyclic) bond motifs is 1. The van der Waals surface area contributed by atoms with Crippen LogP contribution in [-0.2, 0) is 0 Å². The van der Waals surface area contributed by atoms with E-state index >= 15 is 0 Å². The Labute approximate surface area is 126 Å². The highest BCUT2D eigenvalue weighted by Crippen LogP contribution is 2.36. The molecule has 1 amide bonds. The second-order valence-corrected chi connectivity index (χ2v) is 5.96. The molecule has 6 heteroatoms. The molecule has 0 fully saturated rings. The molecule has 98 valence electrons. The van der Waals surface area contributed by atoms with Crippen LogP contribution >= 0.6 is 27.3 Å². The lowest BCUT2D eigenvalue weighted by atomic mass is 10.2. The maximum atomic E-state index is 12.0. The van der Waals surface area contributed by atoms with Gasteiger partial charge in [-0.2, -0.15) is 5.26 Å². The molecule has 4 nitrogen and oxygen atoms in total. The number of furan rings is 1. The Morgan fingerprint density at radius 1 is 1.40 bits per heavy atom. The van der Waals surface area contributed by atoms with Crippen LogP contribution in [0.5, 0.6) is 0 Å². The fourth-order valence-corrected chi connectivity index (χ4v) is 3.23. The van der Waals surface area contributed by atoms with E-state index in [2.05, 4.69) is 27.3 Å². The molecule has 3 aromatic rings. The Bertz CT molecular complexity index is 831. The maximum Gasteiger partial charge on any atom is 0.291 e. The first-order valence-electron chi connectivity index (χ1n) is 5.66. The Kier molecular flexibility index (Phi) is 3.30. The van der Waals surface area contributed by atoms with E-state index < -0.39 is 0 Å². The van der Waals surface area contributed by atoms with Crippen molar-refractivity contribution in [1.82, 2.24) is 0 Å². The molecule has 0 spiro atoms. The van der Waals surface area contributed by atoms with E-state index in [1.165, 1.54) is 17.6 Å². The molecule has 2 aromatic heterocycles. The Hall–Kier alpha value is -2.10. The molecule has 1 aromatic carbocycles. The van der Waals surface area contributed by atoms with Crippen LogP contribution in [0.1, 0.15) is 16.1 Å². The summed E-state index contributed by atoms with van der Waals surface area (Å²) in [7, 11) is 0. The molecule has 0 saturated carbocycles. The third-order valence-corrected chi connectivity index (χ3v) is 4.31. The van der Waals surface area contributed by atoms with Gasteiger partial charge < -0.3 is 9.73 Å². The third-order valence-electron chi connectivity index (χ3n) is 2.73. The number of hydrogen-bond donors (Lipinski definition) is 1. The summed E-state index contributed by atoms with van der Waals surface area (Å²) >= 11 is 4.75. The SMILES string of the molecule is N#Cc1c(NC(=O)c2ccco2)sc2ccc(Br)cc12. The van der Waals surface area contributed by atoms with Crippen molar-refractivity contribution in [2.75, 3.05) is 5.32 Å². The van der Waals surface area contributed by atoms with Crippen molar-refractivity contribution in [2.24, 2.45) is 0 Å². The number of halogens is 1. The van der Waals surface area contributed by atoms with Crippen LogP contribution in [0, 0.1) is 11.3 Å². The molecule has 0 atom stereocenters. The van der Waals surface area contributed by atoms with Gasteiger partial charge in [-0.25, -0.2) is 0 Å². The number of nitrogens with zero attached hydrogens (tertiary/aromatic N) is 1. The van der Waals surface area contributed by atoms with Crippen molar-refractivity contribution >= 4 is 48.3 Å². The first-order valence-corrected chi connectivity index (χ1v) is 7.27. The monoisotopic (exact) mass is 346 g/mol. The standard InChI is InChI=1S/C14H7BrN2O2S/c15-8-3-4-12-9(6-8)10(7-16)14(20-12)17-13(18)11-2-1-5-19-11/h1-6H,(H,17,18). The summed E-state index contributed by atoms with van der Waals surface area (Å²) in [6, 6.07) is 11.0. The molecule has 2 heterocycles. The van der Waals surface area contributed by atoms with Gasteiger partial charge in [0.15, 0.2) is 5.76 Å².